The Bertz CT molecular complexity index is 928. The van der Waals surface area contributed by atoms with E-state index in [-0.39, 0.29) is 17.2 Å². The lowest BCUT2D eigenvalue weighted by Crippen LogP contribution is -2.31. The van der Waals surface area contributed by atoms with Crippen molar-refractivity contribution in [3.63, 3.8) is 0 Å². The molecule has 8 heteroatoms. The summed E-state index contributed by atoms with van der Waals surface area (Å²) < 4.78 is 11.8. The number of nitrogens with zero attached hydrogens (tertiary/aromatic N) is 2. The summed E-state index contributed by atoms with van der Waals surface area (Å²) in [6.45, 7) is 2.47. The smallest absolute Gasteiger partial charge is 0.273 e. The third-order valence-corrected chi connectivity index (χ3v) is 4.56. The van der Waals surface area contributed by atoms with Gasteiger partial charge in [0.1, 0.15) is 5.75 Å². The maximum atomic E-state index is 12.2. The van der Waals surface area contributed by atoms with Crippen LogP contribution in [0.15, 0.2) is 45.0 Å². The van der Waals surface area contributed by atoms with Crippen molar-refractivity contribution >= 4 is 17.2 Å². The van der Waals surface area contributed by atoms with Gasteiger partial charge in [0, 0.05) is 30.9 Å². The maximum absolute atomic E-state index is 12.2. The van der Waals surface area contributed by atoms with Crippen molar-refractivity contribution in [2.24, 2.45) is 0 Å². The van der Waals surface area contributed by atoms with Crippen LogP contribution in [-0.4, -0.2) is 29.3 Å². The van der Waals surface area contributed by atoms with Gasteiger partial charge < -0.3 is 19.1 Å². The van der Waals surface area contributed by atoms with Gasteiger partial charge >= 0.3 is 0 Å². The molecule has 0 unspecified atom stereocenters. The highest BCUT2D eigenvalue weighted by atomic mass is 32.1. The summed E-state index contributed by atoms with van der Waals surface area (Å²) in [6, 6.07) is 8.59. The average Bonchev–Trinajstić information content (AvgIpc) is 3.27. The van der Waals surface area contributed by atoms with Gasteiger partial charge in [-0.05, 0) is 24.4 Å². The third-order valence-electron chi connectivity index (χ3n) is 3.67. The molecule has 3 rings (SSSR count). The molecule has 0 aliphatic heterocycles. The van der Waals surface area contributed by atoms with Crippen molar-refractivity contribution < 1.29 is 14.1 Å². The molecular weight excluding hydrogens is 342 g/mol. The normalized spacial score (nSPS) is 10.6. The van der Waals surface area contributed by atoms with Crippen LogP contribution in [0.3, 0.4) is 0 Å². The molecule has 0 aromatic carbocycles. The zero-order valence-electron chi connectivity index (χ0n) is 13.8. The Morgan fingerprint density at radius 1 is 1.40 bits per heavy atom. The first-order valence-corrected chi connectivity index (χ1v) is 8.50. The first kappa shape index (κ1) is 17.0. The molecule has 0 saturated carbocycles. The van der Waals surface area contributed by atoms with E-state index < -0.39 is 0 Å². The number of amides is 1. The Hall–Kier alpha value is -2.87. The number of carbonyl (C=O) groups excluding carboxylic acids is 1. The van der Waals surface area contributed by atoms with Crippen molar-refractivity contribution in [1.29, 1.82) is 0 Å². The number of aromatic nitrogens is 2. The van der Waals surface area contributed by atoms with E-state index in [4.69, 9.17) is 9.26 Å². The molecule has 0 radical (unpaired) electrons. The Morgan fingerprint density at radius 3 is 2.92 bits per heavy atom. The molecule has 0 saturated heterocycles. The van der Waals surface area contributed by atoms with E-state index >= 15 is 0 Å². The van der Waals surface area contributed by atoms with Gasteiger partial charge in [0.25, 0.3) is 11.5 Å². The molecule has 130 valence electrons. The van der Waals surface area contributed by atoms with Crippen LogP contribution in [0.1, 0.15) is 16.2 Å². The number of hydrogen-bond donors (Lipinski definition) is 1. The molecule has 3 aromatic heterocycles. The summed E-state index contributed by atoms with van der Waals surface area (Å²) in [6.07, 6.45) is 0. The Labute approximate surface area is 147 Å². The Balaban J connectivity index is 1.61. The SMILES string of the molecule is COc1cc(C)n(CCNC(=O)c2cc(-c3cccs3)on2)c(=O)c1. The Kier molecular flexibility index (Phi) is 4.99. The number of methoxy groups -OCH3 is 1. The lowest BCUT2D eigenvalue weighted by molar-refractivity contribution is 0.0943. The van der Waals surface area contributed by atoms with Gasteiger partial charge in [-0.25, -0.2) is 0 Å². The number of carbonyl (C=O) groups is 1. The molecule has 0 aliphatic carbocycles. The third kappa shape index (κ3) is 3.80. The second-order valence-electron chi connectivity index (χ2n) is 5.34. The van der Waals surface area contributed by atoms with Crippen molar-refractivity contribution in [1.82, 2.24) is 15.0 Å². The van der Waals surface area contributed by atoms with E-state index in [1.165, 1.54) is 24.5 Å². The number of pyridine rings is 1. The average molecular weight is 359 g/mol. The first-order valence-electron chi connectivity index (χ1n) is 7.63. The molecular formula is C17H17N3O4S. The summed E-state index contributed by atoms with van der Waals surface area (Å²) in [5, 5.41) is 8.45. The van der Waals surface area contributed by atoms with E-state index in [9.17, 15) is 9.59 Å². The summed E-state index contributed by atoms with van der Waals surface area (Å²) in [5.74, 6) is 0.736. The van der Waals surface area contributed by atoms with Gasteiger partial charge in [0.15, 0.2) is 11.5 Å². The van der Waals surface area contributed by atoms with Crippen LogP contribution in [0.5, 0.6) is 5.75 Å². The van der Waals surface area contributed by atoms with Crippen LogP contribution in [-0.2, 0) is 6.54 Å². The highest BCUT2D eigenvalue weighted by molar-refractivity contribution is 7.13. The largest absolute Gasteiger partial charge is 0.496 e. The van der Waals surface area contributed by atoms with Gasteiger partial charge in [0.05, 0.1) is 12.0 Å². The molecule has 0 fully saturated rings. The van der Waals surface area contributed by atoms with Crippen LogP contribution in [0.25, 0.3) is 10.6 Å². The van der Waals surface area contributed by atoms with Crippen LogP contribution in [0.2, 0.25) is 0 Å². The van der Waals surface area contributed by atoms with Crippen molar-refractivity contribution in [3.8, 4) is 16.4 Å². The van der Waals surface area contributed by atoms with Gasteiger partial charge in [-0.3, -0.25) is 9.59 Å². The lowest BCUT2D eigenvalue weighted by Gasteiger charge is -2.11. The minimum Gasteiger partial charge on any atom is -0.496 e. The van der Waals surface area contributed by atoms with Crippen molar-refractivity contribution in [2.75, 3.05) is 13.7 Å². The van der Waals surface area contributed by atoms with E-state index in [0.717, 1.165) is 10.6 Å². The van der Waals surface area contributed by atoms with Gasteiger partial charge in [-0.2, -0.15) is 0 Å². The lowest BCUT2D eigenvalue weighted by atomic mass is 10.3. The van der Waals surface area contributed by atoms with Crippen molar-refractivity contribution in [3.05, 3.63) is 57.5 Å². The fourth-order valence-corrected chi connectivity index (χ4v) is 3.07. The minimum absolute atomic E-state index is 0.174. The molecule has 0 atom stereocenters. The van der Waals surface area contributed by atoms with E-state index in [1.807, 2.05) is 24.4 Å². The molecule has 1 amide bonds. The topological polar surface area (TPSA) is 86.4 Å². The Morgan fingerprint density at radius 2 is 2.24 bits per heavy atom. The number of nitrogens with one attached hydrogen (secondary N) is 1. The first-order chi connectivity index (χ1) is 12.1. The monoisotopic (exact) mass is 359 g/mol. The molecule has 0 bridgehead atoms. The number of ether oxygens (including phenoxy) is 1. The number of aryl methyl sites for hydroxylation is 1. The fraction of sp³-hybridized carbons (Fsp3) is 0.235. The summed E-state index contributed by atoms with van der Waals surface area (Å²) in [4.78, 5) is 25.1. The number of rotatable bonds is 6. The van der Waals surface area contributed by atoms with Crippen LogP contribution in [0.4, 0.5) is 0 Å². The molecule has 3 heterocycles. The second-order valence-corrected chi connectivity index (χ2v) is 6.28. The fourth-order valence-electron chi connectivity index (χ4n) is 2.39. The molecule has 0 spiro atoms. The van der Waals surface area contributed by atoms with E-state index in [0.29, 0.717) is 24.6 Å². The molecule has 0 aliphatic rings. The number of hydrogen-bond acceptors (Lipinski definition) is 6. The molecule has 3 aromatic rings. The van der Waals surface area contributed by atoms with E-state index in [2.05, 4.69) is 10.5 Å². The molecule has 7 nitrogen and oxygen atoms in total. The maximum Gasteiger partial charge on any atom is 0.273 e. The van der Waals surface area contributed by atoms with Crippen molar-refractivity contribution in [2.45, 2.75) is 13.5 Å². The second kappa shape index (κ2) is 7.35. The zero-order valence-corrected chi connectivity index (χ0v) is 14.6. The highest BCUT2D eigenvalue weighted by Gasteiger charge is 2.14. The van der Waals surface area contributed by atoms with E-state index in [1.54, 1.807) is 16.7 Å². The van der Waals surface area contributed by atoms with Gasteiger partial charge in [-0.15, -0.1) is 11.3 Å². The predicted octanol–water partition coefficient (Wildman–Crippen LogP) is 2.31. The summed E-state index contributed by atoms with van der Waals surface area (Å²) in [7, 11) is 1.52. The van der Waals surface area contributed by atoms with Gasteiger partial charge in [-0.1, -0.05) is 11.2 Å². The quantitative estimate of drug-likeness (QED) is 0.730. The predicted molar refractivity (Wildman–Crippen MR) is 94.1 cm³/mol. The van der Waals surface area contributed by atoms with Crippen LogP contribution >= 0.6 is 11.3 Å². The van der Waals surface area contributed by atoms with Crippen LogP contribution in [0, 0.1) is 6.92 Å². The highest BCUT2D eigenvalue weighted by Crippen LogP contribution is 2.24. The molecule has 25 heavy (non-hydrogen) atoms. The zero-order chi connectivity index (χ0) is 17.8. The molecule has 1 N–H and O–H groups in total. The summed E-state index contributed by atoms with van der Waals surface area (Å²) in [5.41, 5.74) is 0.801. The number of thiophene rings is 1. The van der Waals surface area contributed by atoms with Gasteiger partial charge in [0.2, 0.25) is 0 Å². The minimum atomic E-state index is -0.342. The summed E-state index contributed by atoms with van der Waals surface area (Å²) >= 11 is 1.51. The standard InChI is InChI=1S/C17H17N3O4S/c1-11-8-12(23-2)9-16(21)20(11)6-5-18-17(22)13-10-14(24-19-13)15-4-3-7-25-15/h3-4,7-10H,5-6H2,1-2H3,(H,18,22). The van der Waals surface area contributed by atoms with Crippen LogP contribution < -0.4 is 15.6 Å².